The van der Waals surface area contributed by atoms with Crippen molar-refractivity contribution in [2.45, 2.75) is 26.1 Å². The average molecular weight is 392 g/mol. The fourth-order valence-corrected chi connectivity index (χ4v) is 2.65. The van der Waals surface area contributed by atoms with Crippen LogP contribution in [0.1, 0.15) is 35.9 Å². The summed E-state index contributed by atoms with van der Waals surface area (Å²) in [6, 6.07) is 5.01. The molecule has 2 rings (SSSR count). The molecule has 0 bridgehead atoms. The maximum atomic E-state index is 12.2. The molecule has 0 atom stereocenters. The Morgan fingerprint density at radius 3 is 2.65 bits per heavy atom. The van der Waals surface area contributed by atoms with E-state index in [0.717, 1.165) is 17.8 Å². The van der Waals surface area contributed by atoms with Crippen LogP contribution < -0.4 is 10.1 Å². The number of amides is 1. The molecule has 0 radical (unpaired) electrons. The molecule has 0 saturated carbocycles. The van der Waals surface area contributed by atoms with Crippen molar-refractivity contribution in [2.24, 2.45) is 0 Å². The number of nitrogens with zero attached hydrogens (tertiary/aromatic N) is 1. The van der Waals surface area contributed by atoms with Gasteiger partial charge in [0.15, 0.2) is 5.69 Å². The summed E-state index contributed by atoms with van der Waals surface area (Å²) in [7, 11) is 0. The minimum atomic E-state index is -4.79. The Morgan fingerprint density at radius 2 is 2.09 bits per heavy atom. The molecule has 23 heavy (non-hydrogen) atoms. The summed E-state index contributed by atoms with van der Waals surface area (Å²) in [5.74, 6) is -0.842. The van der Waals surface area contributed by atoms with E-state index in [1.807, 2.05) is 13.8 Å². The van der Waals surface area contributed by atoms with Crippen LogP contribution in [0, 0.1) is 0 Å². The number of carbonyl (C=O) groups is 1. The Balaban J connectivity index is 2.16. The van der Waals surface area contributed by atoms with E-state index in [1.54, 1.807) is 0 Å². The SMILES string of the molecule is CC(C)c1[nH]nc(C(=O)Nc2cccc(OC(F)(F)F)c2)c1Br. The van der Waals surface area contributed by atoms with Crippen LogP contribution in [0.4, 0.5) is 18.9 Å². The van der Waals surface area contributed by atoms with Crippen molar-refractivity contribution in [1.82, 2.24) is 10.2 Å². The molecule has 0 unspecified atom stereocenters. The van der Waals surface area contributed by atoms with Gasteiger partial charge in [-0.1, -0.05) is 19.9 Å². The number of halogens is 4. The predicted octanol–water partition coefficient (Wildman–Crippen LogP) is 4.45. The van der Waals surface area contributed by atoms with Crippen molar-refractivity contribution in [3.8, 4) is 5.75 Å². The second-order valence-electron chi connectivity index (χ2n) is 4.98. The minimum Gasteiger partial charge on any atom is -0.406 e. The largest absolute Gasteiger partial charge is 0.573 e. The number of alkyl halides is 3. The molecule has 0 aliphatic carbocycles. The van der Waals surface area contributed by atoms with Gasteiger partial charge in [0.25, 0.3) is 5.91 Å². The molecule has 2 N–H and O–H groups in total. The smallest absolute Gasteiger partial charge is 0.406 e. The first kappa shape index (κ1) is 17.3. The fourth-order valence-electron chi connectivity index (χ4n) is 1.84. The van der Waals surface area contributed by atoms with Crippen LogP contribution in [0.15, 0.2) is 28.7 Å². The van der Waals surface area contributed by atoms with E-state index in [1.165, 1.54) is 12.1 Å². The summed E-state index contributed by atoms with van der Waals surface area (Å²) in [6.07, 6.45) is -4.79. The van der Waals surface area contributed by atoms with E-state index >= 15 is 0 Å². The molecule has 124 valence electrons. The van der Waals surface area contributed by atoms with Gasteiger partial charge in [-0.2, -0.15) is 5.10 Å². The highest BCUT2D eigenvalue weighted by molar-refractivity contribution is 9.10. The number of anilines is 1. The summed E-state index contributed by atoms with van der Waals surface area (Å²) >= 11 is 3.29. The summed E-state index contributed by atoms with van der Waals surface area (Å²) < 4.78 is 40.9. The molecular weight excluding hydrogens is 379 g/mol. The van der Waals surface area contributed by atoms with Crippen LogP contribution >= 0.6 is 15.9 Å². The zero-order valence-corrected chi connectivity index (χ0v) is 13.7. The van der Waals surface area contributed by atoms with Crippen LogP contribution in [0.25, 0.3) is 0 Å². The first-order valence-corrected chi connectivity index (χ1v) is 7.37. The van der Waals surface area contributed by atoms with Crippen LogP contribution in [-0.2, 0) is 0 Å². The van der Waals surface area contributed by atoms with Crippen molar-refractivity contribution in [3.05, 3.63) is 40.1 Å². The number of ether oxygens (including phenoxy) is 1. The summed E-state index contributed by atoms with van der Waals surface area (Å²) in [6.45, 7) is 3.86. The van der Waals surface area contributed by atoms with E-state index in [9.17, 15) is 18.0 Å². The van der Waals surface area contributed by atoms with Gasteiger partial charge >= 0.3 is 6.36 Å². The molecule has 0 aliphatic heterocycles. The molecule has 5 nitrogen and oxygen atoms in total. The maximum Gasteiger partial charge on any atom is 0.573 e. The highest BCUT2D eigenvalue weighted by Crippen LogP contribution is 2.28. The summed E-state index contributed by atoms with van der Waals surface area (Å²) in [5, 5.41) is 9.15. The van der Waals surface area contributed by atoms with Gasteiger partial charge in [0, 0.05) is 11.8 Å². The highest BCUT2D eigenvalue weighted by Gasteiger charge is 2.31. The number of H-pyrrole nitrogens is 1. The number of benzene rings is 1. The molecule has 1 aromatic heterocycles. The van der Waals surface area contributed by atoms with Crippen LogP contribution in [0.2, 0.25) is 0 Å². The monoisotopic (exact) mass is 391 g/mol. The lowest BCUT2D eigenvalue weighted by Gasteiger charge is -2.10. The number of hydrogen-bond acceptors (Lipinski definition) is 3. The highest BCUT2D eigenvalue weighted by atomic mass is 79.9. The number of nitrogens with one attached hydrogen (secondary N) is 2. The van der Waals surface area contributed by atoms with Gasteiger partial charge in [0.1, 0.15) is 5.75 Å². The molecular formula is C14H13BrF3N3O2. The Kier molecular flexibility index (Phi) is 4.98. The zero-order chi connectivity index (χ0) is 17.2. The van der Waals surface area contributed by atoms with Gasteiger partial charge in [-0.15, -0.1) is 13.2 Å². The topological polar surface area (TPSA) is 67.0 Å². The normalized spacial score (nSPS) is 11.6. The second kappa shape index (κ2) is 6.61. The minimum absolute atomic E-state index is 0.121. The third kappa shape index (κ3) is 4.47. The number of aromatic amines is 1. The van der Waals surface area contributed by atoms with Gasteiger partial charge in [-0.25, -0.2) is 0 Å². The van der Waals surface area contributed by atoms with Crippen LogP contribution in [0.5, 0.6) is 5.75 Å². The first-order chi connectivity index (χ1) is 10.7. The first-order valence-electron chi connectivity index (χ1n) is 6.58. The Labute approximate surface area is 138 Å². The van der Waals surface area contributed by atoms with Gasteiger partial charge in [-0.3, -0.25) is 9.89 Å². The Morgan fingerprint density at radius 1 is 1.39 bits per heavy atom. The molecule has 0 aliphatic rings. The quantitative estimate of drug-likeness (QED) is 0.808. The third-order valence-corrected chi connectivity index (χ3v) is 3.65. The molecule has 1 aromatic carbocycles. The van der Waals surface area contributed by atoms with Gasteiger partial charge in [0.05, 0.1) is 10.2 Å². The maximum absolute atomic E-state index is 12.2. The number of rotatable bonds is 4. The van der Waals surface area contributed by atoms with Gasteiger partial charge in [-0.05, 0) is 34.0 Å². The van der Waals surface area contributed by atoms with Crippen molar-refractivity contribution < 1.29 is 22.7 Å². The Hall–Kier alpha value is -2.03. The fraction of sp³-hybridized carbons (Fsp3) is 0.286. The van der Waals surface area contributed by atoms with Gasteiger partial charge < -0.3 is 10.1 Å². The number of aromatic nitrogens is 2. The van der Waals surface area contributed by atoms with E-state index in [2.05, 4.69) is 36.2 Å². The van der Waals surface area contributed by atoms with Gasteiger partial charge in [0.2, 0.25) is 0 Å². The molecule has 0 spiro atoms. The molecule has 2 aromatic rings. The van der Waals surface area contributed by atoms with E-state index in [4.69, 9.17) is 0 Å². The number of hydrogen-bond donors (Lipinski definition) is 2. The molecule has 0 fully saturated rings. The average Bonchev–Trinajstić information content (AvgIpc) is 2.79. The summed E-state index contributed by atoms with van der Waals surface area (Å²) in [4.78, 5) is 12.2. The second-order valence-corrected chi connectivity index (χ2v) is 5.78. The standard InChI is InChI=1S/C14H13BrF3N3O2/c1-7(2)11-10(15)12(21-20-11)13(22)19-8-4-3-5-9(6-8)23-14(16,17)18/h3-7H,1-2H3,(H,19,22)(H,20,21). The lowest BCUT2D eigenvalue weighted by molar-refractivity contribution is -0.274. The van der Waals surface area contributed by atoms with Crippen LogP contribution in [0.3, 0.4) is 0 Å². The molecule has 1 heterocycles. The molecule has 1 amide bonds. The molecule has 0 saturated heterocycles. The Bertz CT molecular complexity index is 714. The predicted molar refractivity (Wildman–Crippen MR) is 81.5 cm³/mol. The van der Waals surface area contributed by atoms with E-state index in [-0.39, 0.29) is 17.3 Å². The summed E-state index contributed by atoms with van der Waals surface area (Å²) in [5.41, 5.74) is 1.04. The third-order valence-electron chi connectivity index (χ3n) is 2.85. The lowest BCUT2D eigenvalue weighted by Crippen LogP contribution is -2.17. The van der Waals surface area contributed by atoms with E-state index in [0.29, 0.717) is 4.47 Å². The zero-order valence-electron chi connectivity index (χ0n) is 12.2. The van der Waals surface area contributed by atoms with Crippen molar-refractivity contribution in [2.75, 3.05) is 5.32 Å². The van der Waals surface area contributed by atoms with E-state index < -0.39 is 18.0 Å². The van der Waals surface area contributed by atoms with Crippen molar-refractivity contribution in [1.29, 1.82) is 0 Å². The molecule has 9 heteroatoms. The number of carbonyl (C=O) groups excluding carboxylic acids is 1. The lowest BCUT2D eigenvalue weighted by atomic mass is 10.1. The van der Waals surface area contributed by atoms with Crippen molar-refractivity contribution in [3.63, 3.8) is 0 Å². The van der Waals surface area contributed by atoms with Crippen LogP contribution in [-0.4, -0.2) is 22.5 Å². The van der Waals surface area contributed by atoms with Crippen molar-refractivity contribution >= 4 is 27.5 Å².